The molecule has 1 fully saturated rings. The van der Waals surface area contributed by atoms with Gasteiger partial charge in [-0.15, -0.1) is 0 Å². The van der Waals surface area contributed by atoms with E-state index in [1.54, 1.807) is 24.5 Å². The molecular formula is C28H27FN4O. The van der Waals surface area contributed by atoms with Crippen molar-refractivity contribution in [2.75, 3.05) is 0 Å². The fourth-order valence-electron chi connectivity index (χ4n) is 5.10. The van der Waals surface area contributed by atoms with Crippen LogP contribution in [-0.2, 0) is 0 Å². The normalized spacial score (nSPS) is 19.0. The lowest BCUT2D eigenvalue weighted by Crippen LogP contribution is -2.39. The molecule has 0 aliphatic heterocycles. The lowest BCUT2D eigenvalue weighted by Gasteiger charge is -2.33. The van der Waals surface area contributed by atoms with Crippen LogP contribution >= 0.6 is 0 Å². The van der Waals surface area contributed by atoms with Crippen LogP contribution in [0, 0.1) is 11.7 Å². The Bertz CT molecular complexity index is 1290. The Morgan fingerprint density at radius 2 is 1.71 bits per heavy atom. The molecule has 0 unspecified atom stereocenters. The number of carbonyl (C=O) groups excluding carboxylic acids is 1. The Morgan fingerprint density at radius 3 is 2.44 bits per heavy atom. The van der Waals surface area contributed by atoms with Crippen molar-refractivity contribution in [3.63, 3.8) is 0 Å². The van der Waals surface area contributed by atoms with E-state index in [1.807, 2.05) is 36.5 Å². The monoisotopic (exact) mass is 454 g/mol. The van der Waals surface area contributed by atoms with Crippen molar-refractivity contribution in [3.05, 3.63) is 90.4 Å². The van der Waals surface area contributed by atoms with E-state index < -0.39 is 0 Å². The highest BCUT2D eigenvalue weighted by atomic mass is 19.1. The Labute approximate surface area is 198 Å². The highest BCUT2D eigenvalue weighted by molar-refractivity contribution is 5.94. The largest absolute Gasteiger partial charge is 0.349 e. The van der Waals surface area contributed by atoms with E-state index >= 15 is 0 Å². The molecule has 5 rings (SSSR count). The third-order valence-electron chi connectivity index (χ3n) is 7.06. The zero-order valence-corrected chi connectivity index (χ0v) is 19.1. The Kier molecular flexibility index (Phi) is 6.30. The van der Waals surface area contributed by atoms with Crippen LogP contribution in [0.1, 0.15) is 54.4 Å². The molecule has 5 nitrogen and oxygen atoms in total. The van der Waals surface area contributed by atoms with Gasteiger partial charge in [-0.2, -0.15) is 0 Å². The second-order valence-electron chi connectivity index (χ2n) is 9.14. The van der Waals surface area contributed by atoms with Gasteiger partial charge in [0.2, 0.25) is 0 Å². The number of pyridine rings is 1. The van der Waals surface area contributed by atoms with Gasteiger partial charge in [-0.1, -0.05) is 12.1 Å². The predicted octanol–water partition coefficient (Wildman–Crippen LogP) is 5.92. The molecule has 34 heavy (non-hydrogen) atoms. The van der Waals surface area contributed by atoms with Crippen LogP contribution < -0.4 is 5.32 Å². The number of aromatic nitrogens is 3. The van der Waals surface area contributed by atoms with Crippen molar-refractivity contribution in [2.45, 2.75) is 44.6 Å². The van der Waals surface area contributed by atoms with Gasteiger partial charge in [0, 0.05) is 41.1 Å². The van der Waals surface area contributed by atoms with Gasteiger partial charge in [-0.05, 0) is 92.0 Å². The maximum Gasteiger partial charge on any atom is 0.251 e. The minimum atomic E-state index is -0.225. The summed E-state index contributed by atoms with van der Waals surface area (Å²) in [7, 11) is 0. The fourth-order valence-corrected chi connectivity index (χ4v) is 5.10. The minimum absolute atomic E-state index is 0.0545. The van der Waals surface area contributed by atoms with E-state index in [-0.39, 0.29) is 17.8 Å². The van der Waals surface area contributed by atoms with Gasteiger partial charge >= 0.3 is 0 Å². The van der Waals surface area contributed by atoms with Crippen LogP contribution in [0.3, 0.4) is 0 Å². The number of rotatable bonds is 5. The molecule has 2 aromatic carbocycles. The van der Waals surface area contributed by atoms with Gasteiger partial charge in [-0.3, -0.25) is 9.78 Å². The molecule has 1 aliphatic carbocycles. The van der Waals surface area contributed by atoms with E-state index in [0.717, 1.165) is 47.7 Å². The maximum absolute atomic E-state index is 13.8. The van der Waals surface area contributed by atoms with Crippen molar-refractivity contribution >= 4 is 16.8 Å². The molecule has 2 heterocycles. The molecule has 0 spiro atoms. The Balaban J connectivity index is 1.20. The first-order valence-electron chi connectivity index (χ1n) is 11.8. The highest BCUT2D eigenvalue weighted by Crippen LogP contribution is 2.39. The zero-order chi connectivity index (χ0) is 23.5. The summed E-state index contributed by atoms with van der Waals surface area (Å²) in [6.07, 6.45) is 10.9. The van der Waals surface area contributed by atoms with Crippen LogP contribution in [0.5, 0.6) is 0 Å². The summed E-state index contributed by atoms with van der Waals surface area (Å²) in [6.45, 7) is 2.09. The number of halogens is 1. The molecule has 6 heteroatoms. The average Bonchev–Trinajstić information content (AvgIpc) is 2.89. The van der Waals surface area contributed by atoms with Crippen molar-refractivity contribution in [2.24, 2.45) is 5.92 Å². The smallest absolute Gasteiger partial charge is 0.251 e. The number of hydrogen-bond donors (Lipinski definition) is 1. The standard InChI is InChI=1S/C28H27FN4O/c1-18(33-28(34)22-8-4-20(5-9-22)23-15-30-17-31-16-23)19-2-6-21(7-3-19)25-12-13-32-27-11-10-24(29)14-26(25)27/h4-5,8-19,21H,2-3,6-7H2,1H3,(H,33,34)/t18-,19-,21-/m1/s1. The lowest BCUT2D eigenvalue weighted by molar-refractivity contribution is 0.0918. The van der Waals surface area contributed by atoms with E-state index in [9.17, 15) is 9.18 Å². The summed E-state index contributed by atoms with van der Waals surface area (Å²) >= 11 is 0. The quantitative estimate of drug-likeness (QED) is 0.406. The van der Waals surface area contributed by atoms with E-state index in [4.69, 9.17) is 0 Å². The third kappa shape index (κ3) is 4.67. The Hall–Kier alpha value is -3.67. The predicted molar refractivity (Wildman–Crippen MR) is 131 cm³/mol. The van der Waals surface area contributed by atoms with Gasteiger partial charge in [0.1, 0.15) is 12.1 Å². The molecule has 1 saturated carbocycles. The molecular weight excluding hydrogens is 427 g/mol. The number of amides is 1. The van der Waals surface area contributed by atoms with Crippen LogP contribution in [0.15, 0.2) is 73.4 Å². The molecule has 172 valence electrons. The van der Waals surface area contributed by atoms with Gasteiger partial charge in [0.25, 0.3) is 5.91 Å². The van der Waals surface area contributed by atoms with E-state index in [2.05, 4.69) is 27.2 Å². The molecule has 1 amide bonds. The van der Waals surface area contributed by atoms with E-state index in [1.165, 1.54) is 18.0 Å². The molecule has 1 atom stereocenters. The first kappa shape index (κ1) is 22.1. The summed E-state index contributed by atoms with van der Waals surface area (Å²) in [5.41, 5.74) is 4.57. The van der Waals surface area contributed by atoms with E-state index in [0.29, 0.717) is 17.4 Å². The summed E-state index contributed by atoms with van der Waals surface area (Å²) < 4.78 is 13.8. The molecule has 4 aromatic rings. The summed E-state index contributed by atoms with van der Waals surface area (Å²) in [4.78, 5) is 25.3. The number of nitrogens with zero attached hydrogens (tertiary/aromatic N) is 3. The van der Waals surface area contributed by atoms with Gasteiger partial charge in [0.15, 0.2) is 0 Å². The number of fused-ring (bicyclic) bond motifs is 1. The van der Waals surface area contributed by atoms with Crippen molar-refractivity contribution in [1.82, 2.24) is 20.3 Å². The number of carbonyl (C=O) groups is 1. The highest BCUT2D eigenvalue weighted by Gasteiger charge is 2.28. The first-order valence-corrected chi connectivity index (χ1v) is 11.8. The van der Waals surface area contributed by atoms with Gasteiger partial charge in [-0.25, -0.2) is 14.4 Å². The second-order valence-corrected chi connectivity index (χ2v) is 9.14. The summed E-state index contributed by atoms with van der Waals surface area (Å²) in [5, 5.41) is 4.11. The van der Waals surface area contributed by atoms with Crippen LogP contribution in [0.2, 0.25) is 0 Å². The third-order valence-corrected chi connectivity index (χ3v) is 7.06. The molecule has 1 N–H and O–H groups in total. The van der Waals surface area contributed by atoms with Crippen LogP contribution in [0.25, 0.3) is 22.0 Å². The lowest BCUT2D eigenvalue weighted by atomic mass is 9.75. The van der Waals surface area contributed by atoms with Crippen LogP contribution in [0.4, 0.5) is 4.39 Å². The molecule has 0 radical (unpaired) electrons. The molecule has 0 bridgehead atoms. The topological polar surface area (TPSA) is 67.8 Å². The molecule has 1 aliphatic rings. The Morgan fingerprint density at radius 1 is 0.971 bits per heavy atom. The zero-order valence-electron chi connectivity index (χ0n) is 19.1. The summed E-state index contributed by atoms with van der Waals surface area (Å²) in [6, 6.07) is 14.5. The number of benzene rings is 2. The van der Waals surface area contributed by atoms with Crippen molar-refractivity contribution in [3.8, 4) is 11.1 Å². The number of nitrogens with one attached hydrogen (secondary N) is 1. The van der Waals surface area contributed by atoms with Crippen LogP contribution in [-0.4, -0.2) is 26.9 Å². The SMILES string of the molecule is C[C@@H](NC(=O)c1ccc(-c2cncnc2)cc1)[C@H]1CC[C@H](c2ccnc3ccc(F)cc32)CC1. The van der Waals surface area contributed by atoms with Crippen molar-refractivity contribution in [1.29, 1.82) is 0 Å². The molecule has 2 aromatic heterocycles. The fraction of sp³-hybridized carbons (Fsp3) is 0.286. The minimum Gasteiger partial charge on any atom is -0.349 e. The van der Waals surface area contributed by atoms with Gasteiger partial charge in [0.05, 0.1) is 5.52 Å². The average molecular weight is 455 g/mol. The van der Waals surface area contributed by atoms with Crippen molar-refractivity contribution < 1.29 is 9.18 Å². The maximum atomic E-state index is 13.8. The second kappa shape index (κ2) is 9.67. The first-order chi connectivity index (χ1) is 16.6. The number of hydrogen-bond acceptors (Lipinski definition) is 4. The summed E-state index contributed by atoms with van der Waals surface area (Å²) in [5.74, 6) is 0.532. The van der Waals surface area contributed by atoms with Gasteiger partial charge < -0.3 is 5.32 Å². The molecule has 0 saturated heterocycles.